The van der Waals surface area contributed by atoms with Gasteiger partial charge in [0.05, 0.1) is 12.6 Å². The minimum atomic E-state index is 0.107. The van der Waals surface area contributed by atoms with E-state index in [0.29, 0.717) is 18.7 Å². The van der Waals surface area contributed by atoms with Crippen LogP contribution in [0.3, 0.4) is 0 Å². The Kier molecular flexibility index (Phi) is 5.04. The molecule has 2 aliphatic carbocycles. The number of rotatable bonds is 6. The molecule has 1 heterocycles. The molecule has 1 aromatic heterocycles. The average molecular weight is 337 g/mol. The Morgan fingerprint density at radius 3 is 2.78 bits per heavy atom. The van der Waals surface area contributed by atoms with Crippen LogP contribution in [0.15, 0.2) is 11.6 Å². The number of aromatic nitrogens is 1. The number of hydrogen-bond acceptors (Lipinski definition) is 5. The van der Waals surface area contributed by atoms with Gasteiger partial charge in [-0.25, -0.2) is 4.98 Å². The number of anilines is 1. The summed E-state index contributed by atoms with van der Waals surface area (Å²) in [5, 5.41) is 2.66. The molecule has 5 nitrogen and oxygen atoms in total. The molecule has 1 spiro atoms. The maximum absolute atomic E-state index is 12.5. The Balaban J connectivity index is 1.62. The fourth-order valence-electron chi connectivity index (χ4n) is 4.39. The highest BCUT2D eigenvalue weighted by Crippen LogP contribution is 2.56. The van der Waals surface area contributed by atoms with E-state index < -0.39 is 0 Å². The molecule has 2 saturated carbocycles. The maximum atomic E-state index is 12.5. The molecule has 0 N–H and O–H groups in total. The number of hydrogen-bond donors (Lipinski definition) is 0. The van der Waals surface area contributed by atoms with Gasteiger partial charge in [-0.2, -0.15) is 0 Å². The predicted octanol–water partition coefficient (Wildman–Crippen LogP) is 2.78. The first-order chi connectivity index (χ1) is 11.1. The van der Waals surface area contributed by atoms with Gasteiger partial charge in [0.25, 0.3) is 0 Å². The highest BCUT2D eigenvalue weighted by molar-refractivity contribution is 7.13. The van der Waals surface area contributed by atoms with Gasteiger partial charge in [0, 0.05) is 36.7 Å². The molecule has 0 unspecified atom stereocenters. The molecule has 0 aliphatic heterocycles. The molecule has 1 aromatic rings. The molecular weight excluding hydrogens is 310 g/mol. The highest BCUT2D eigenvalue weighted by Gasteiger charge is 2.58. The van der Waals surface area contributed by atoms with E-state index in [1.54, 1.807) is 11.1 Å². The van der Waals surface area contributed by atoms with Crippen LogP contribution in [0, 0.1) is 5.41 Å². The second-order valence-electron chi connectivity index (χ2n) is 6.82. The van der Waals surface area contributed by atoms with Crippen molar-refractivity contribution >= 4 is 22.4 Å². The average Bonchev–Trinajstić information content (AvgIpc) is 3.22. The number of ether oxygens (including phenoxy) is 1. The topological polar surface area (TPSA) is 45.7 Å². The van der Waals surface area contributed by atoms with Gasteiger partial charge < -0.3 is 4.74 Å². The van der Waals surface area contributed by atoms with E-state index >= 15 is 0 Å². The smallest absolute Gasteiger partial charge is 0.242 e. The summed E-state index contributed by atoms with van der Waals surface area (Å²) in [4.78, 5) is 20.7. The van der Waals surface area contributed by atoms with Crippen LogP contribution >= 0.6 is 11.3 Å². The van der Waals surface area contributed by atoms with Gasteiger partial charge in [-0.15, -0.1) is 11.3 Å². The molecule has 2 fully saturated rings. The van der Waals surface area contributed by atoms with Gasteiger partial charge in [0.2, 0.25) is 5.91 Å². The van der Waals surface area contributed by atoms with Crippen LogP contribution in [-0.4, -0.2) is 55.2 Å². The summed E-state index contributed by atoms with van der Waals surface area (Å²) in [6.45, 7) is 3.31. The molecule has 23 heavy (non-hydrogen) atoms. The maximum Gasteiger partial charge on any atom is 0.242 e. The van der Waals surface area contributed by atoms with Gasteiger partial charge in [0.1, 0.15) is 0 Å². The van der Waals surface area contributed by atoms with Gasteiger partial charge in [-0.05, 0) is 33.2 Å². The van der Waals surface area contributed by atoms with Crippen LogP contribution in [0.25, 0.3) is 0 Å². The van der Waals surface area contributed by atoms with E-state index in [9.17, 15) is 4.79 Å². The van der Waals surface area contributed by atoms with Gasteiger partial charge >= 0.3 is 0 Å². The molecule has 1 amide bonds. The molecule has 0 saturated heterocycles. The van der Waals surface area contributed by atoms with Crippen LogP contribution in [0.1, 0.15) is 39.0 Å². The lowest BCUT2D eigenvalue weighted by atomic mass is 9.60. The number of carbonyl (C=O) groups is 1. The van der Waals surface area contributed by atoms with E-state index in [4.69, 9.17) is 4.74 Å². The third-order valence-corrected chi connectivity index (χ3v) is 6.49. The van der Waals surface area contributed by atoms with E-state index in [1.165, 1.54) is 37.0 Å². The van der Waals surface area contributed by atoms with E-state index in [0.717, 1.165) is 18.2 Å². The van der Waals surface area contributed by atoms with Crippen LogP contribution in [0.4, 0.5) is 5.13 Å². The summed E-state index contributed by atoms with van der Waals surface area (Å²) in [5.41, 5.74) is 0.283. The van der Waals surface area contributed by atoms with Crippen LogP contribution < -0.4 is 4.90 Å². The van der Waals surface area contributed by atoms with Crippen LogP contribution in [0.5, 0.6) is 0 Å². The fourth-order valence-corrected chi connectivity index (χ4v) is 5.01. The van der Waals surface area contributed by atoms with Crippen molar-refractivity contribution in [2.75, 3.05) is 32.1 Å². The highest BCUT2D eigenvalue weighted by atomic mass is 32.1. The summed E-state index contributed by atoms with van der Waals surface area (Å²) >= 11 is 1.50. The van der Waals surface area contributed by atoms with Gasteiger partial charge in [0.15, 0.2) is 5.13 Å². The van der Waals surface area contributed by atoms with Gasteiger partial charge in [-0.3, -0.25) is 14.6 Å². The normalized spacial score (nSPS) is 25.7. The number of amides is 1. The Labute approximate surface area is 142 Å². The van der Waals surface area contributed by atoms with E-state index in [-0.39, 0.29) is 11.3 Å². The van der Waals surface area contributed by atoms with Crippen LogP contribution in [0.2, 0.25) is 0 Å². The molecular formula is C17H27N3O2S. The molecule has 128 valence electrons. The minimum absolute atomic E-state index is 0.107. The summed E-state index contributed by atoms with van der Waals surface area (Å²) in [7, 11) is 3.89. The zero-order valence-electron chi connectivity index (χ0n) is 14.3. The number of nitrogens with zero attached hydrogens (tertiary/aromatic N) is 3. The molecule has 3 rings (SSSR count). The summed E-state index contributed by atoms with van der Waals surface area (Å²) in [6, 6.07) is 0.468. The van der Waals surface area contributed by atoms with Crippen molar-refractivity contribution in [3.8, 4) is 0 Å². The quantitative estimate of drug-likeness (QED) is 0.801. The third kappa shape index (κ3) is 3.04. The fraction of sp³-hybridized carbons (Fsp3) is 0.765. The Morgan fingerprint density at radius 2 is 2.17 bits per heavy atom. The lowest BCUT2D eigenvalue weighted by Crippen LogP contribution is -2.63. The first-order valence-corrected chi connectivity index (χ1v) is 9.44. The first-order valence-electron chi connectivity index (χ1n) is 8.56. The van der Waals surface area contributed by atoms with Crippen molar-refractivity contribution in [1.29, 1.82) is 0 Å². The first kappa shape index (κ1) is 16.9. The number of thiazole rings is 1. The van der Waals surface area contributed by atoms with Crippen molar-refractivity contribution in [1.82, 2.24) is 9.88 Å². The minimum Gasteiger partial charge on any atom is -0.378 e. The Hall–Kier alpha value is -0.980. The standard InChI is InChI=1S/C17H27N3O2S/c1-4-22-14-11-13(17(14)7-5-6-8-17)19(2)12-15(21)20(3)16-18-9-10-23-16/h9-10,13-14H,4-8,11-12H2,1-3H3/t13-,14-/m0/s1. The monoisotopic (exact) mass is 337 g/mol. The zero-order chi connectivity index (χ0) is 16.4. The lowest BCUT2D eigenvalue weighted by molar-refractivity contribution is -0.162. The van der Waals surface area contributed by atoms with Crippen molar-refractivity contribution in [3.05, 3.63) is 11.6 Å². The molecule has 0 aromatic carbocycles. The van der Waals surface area contributed by atoms with E-state index in [2.05, 4.69) is 23.9 Å². The summed E-state index contributed by atoms with van der Waals surface area (Å²) < 4.78 is 5.98. The van der Waals surface area contributed by atoms with Crippen LogP contribution in [-0.2, 0) is 9.53 Å². The molecule has 6 heteroatoms. The largest absolute Gasteiger partial charge is 0.378 e. The number of carbonyl (C=O) groups excluding carboxylic acids is 1. The Bertz CT molecular complexity index is 528. The summed E-state index contributed by atoms with van der Waals surface area (Å²) in [6.07, 6.45) is 8.24. The SMILES string of the molecule is CCO[C@H]1C[C@H](N(C)CC(=O)N(C)c2nccs2)C12CCCC2. The second kappa shape index (κ2) is 6.87. The Morgan fingerprint density at radius 1 is 1.43 bits per heavy atom. The van der Waals surface area contributed by atoms with Crippen molar-refractivity contribution in [2.24, 2.45) is 5.41 Å². The lowest BCUT2D eigenvalue weighted by Gasteiger charge is -2.57. The third-order valence-electron chi connectivity index (χ3n) is 5.64. The molecule has 0 radical (unpaired) electrons. The van der Waals surface area contributed by atoms with Crippen molar-refractivity contribution in [2.45, 2.75) is 51.2 Å². The van der Waals surface area contributed by atoms with Crippen molar-refractivity contribution < 1.29 is 9.53 Å². The molecule has 0 bridgehead atoms. The molecule has 2 atom stereocenters. The van der Waals surface area contributed by atoms with E-state index in [1.807, 2.05) is 12.4 Å². The van der Waals surface area contributed by atoms with Gasteiger partial charge in [-0.1, -0.05) is 12.8 Å². The zero-order valence-corrected chi connectivity index (χ0v) is 15.1. The second-order valence-corrected chi connectivity index (χ2v) is 7.69. The summed E-state index contributed by atoms with van der Waals surface area (Å²) in [5.74, 6) is 0.107. The molecule has 2 aliphatic rings. The van der Waals surface area contributed by atoms with Crippen molar-refractivity contribution in [3.63, 3.8) is 0 Å². The number of likely N-dealkylation sites (N-methyl/N-ethyl adjacent to an activating group) is 2. The predicted molar refractivity (Wildman–Crippen MR) is 92.9 cm³/mol.